The number of thiazole rings is 1. The lowest BCUT2D eigenvalue weighted by molar-refractivity contribution is -0.125. The molecule has 0 radical (unpaired) electrons. The van der Waals surface area contributed by atoms with Crippen LogP contribution in [0.4, 0.5) is 5.69 Å². The maximum absolute atomic E-state index is 12.2. The second-order valence-electron chi connectivity index (χ2n) is 5.64. The van der Waals surface area contributed by atoms with Crippen LogP contribution in [-0.4, -0.2) is 32.8 Å². The zero-order chi connectivity index (χ0) is 17.7. The monoisotopic (exact) mass is 346 g/mol. The van der Waals surface area contributed by atoms with E-state index in [1.807, 2.05) is 38.1 Å². The van der Waals surface area contributed by atoms with E-state index < -0.39 is 5.41 Å². The van der Waals surface area contributed by atoms with Crippen LogP contribution in [0.25, 0.3) is 20.9 Å². The van der Waals surface area contributed by atoms with Gasteiger partial charge in [0, 0.05) is 0 Å². The molecule has 0 saturated heterocycles. The summed E-state index contributed by atoms with van der Waals surface area (Å²) in [6.07, 6.45) is 1.55. The lowest BCUT2D eigenvalue weighted by Crippen LogP contribution is -2.33. The van der Waals surface area contributed by atoms with Crippen LogP contribution in [0, 0.1) is 5.41 Å². The molecule has 24 heavy (non-hydrogen) atoms. The fraction of sp³-hybridized carbons (Fsp3) is 0.353. The number of hydrogen-bond donors (Lipinski definition) is 3. The Kier molecular flexibility index (Phi) is 5.69. The zero-order valence-electron chi connectivity index (χ0n) is 14.3. The molecule has 0 saturated carbocycles. The number of anilines is 1. The van der Waals surface area contributed by atoms with Crippen LogP contribution in [0.2, 0.25) is 0 Å². The molecule has 0 atom stereocenters. The van der Waals surface area contributed by atoms with Crippen molar-refractivity contribution >= 4 is 33.1 Å². The van der Waals surface area contributed by atoms with Gasteiger partial charge in [0.25, 0.3) is 0 Å². The molecule has 3 rings (SSSR count). The van der Waals surface area contributed by atoms with Gasteiger partial charge in [-0.1, -0.05) is 26.0 Å². The third kappa shape index (κ3) is 3.63. The molecular weight excluding hydrogens is 324 g/mol. The van der Waals surface area contributed by atoms with Crippen molar-refractivity contribution in [2.24, 2.45) is 5.41 Å². The molecule has 0 bridgehead atoms. The first-order valence-corrected chi connectivity index (χ1v) is 8.64. The maximum Gasteiger partial charge on any atom is 0.232 e. The van der Waals surface area contributed by atoms with Gasteiger partial charge < -0.3 is 10.4 Å². The smallest absolute Gasteiger partial charge is 0.232 e. The van der Waals surface area contributed by atoms with Crippen molar-refractivity contribution in [3.8, 4) is 10.7 Å². The fourth-order valence-corrected chi connectivity index (χ4v) is 2.86. The number of para-hydroxylation sites is 1. The number of nitrogens with zero attached hydrogens (tertiary/aromatic N) is 2. The van der Waals surface area contributed by atoms with Crippen molar-refractivity contribution in [2.45, 2.75) is 27.7 Å². The quantitative estimate of drug-likeness (QED) is 0.672. The molecule has 0 spiro atoms. The summed E-state index contributed by atoms with van der Waals surface area (Å²) in [5.74, 6) is -0.265. The Bertz CT molecular complexity index is 790. The van der Waals surface area contributed by atoms with E-state index in [1.165, 1.54) is 11.3 Å². The number of nitrogens with one attached hydrogen (secondary N) is 2. The third-order valence-corrected chi connectivity index (χ3v) is 4.46. The van der Waals surface area contributed by atoms with Crippen molar-refractivity contribution < 1.29 is 9.90 Å². The molecule has 7 heteroatoms. The molecule has 0 fully saturated rings. The van der Waals surface area contributed by atoms with Crippen LogP contribution in [0.15, 0.2) is 30.5 Å². The summed E-state index contributed by atoms with van der Waals surface area (Å²) in [4.78, 5) is 16.7. The summed E-state index contributed by atoms with van der Waals surface area (Å²) in [5, 5.41) is 19.7. The minimum absolute atomic E-state index is 0.229. The van der Waals surface area contributed by atoms with Crippen LogP contribution < -0.4 is 5.32 Å². The SMILES string of the molecule is CC.CC(C)(CO)C(=O)Nc1cn[nH]c1-c1nc2ccccc2s1. The van der Waals surface area contributed by atoms with E-state index in [2.05, 4.69) is 20.5 Å². The first-order chi connectivity index (χ1) is 11.5. The standard InChI is InChI=1S/C15H16N4O2S.C2H6/c1-15(2,8-20)14(21)18-10-7-16-19-12(10)13-17-9-5-3-4-6-11(9)22-13;1-2/h3-7,20H,8H2,1-2H3,(H,16,19)(H,18,21);1-2H3. The Morgan fingerprint density at radius 2 is 2.04 bits per heavy atom. The van der Waals surface area contributed by atoms with Gasteiger partial charge in [-0.3, -0.25) is 9.89 Å². The normalized spacial score (nSPS) is 11.0. The average molecular weight is 346 g/mol. The number of H-pyrrole nitrogens is 1. The molecule has 2 aromatic heterocycles. The maximum atomic E-state index is 12.2. The van der Waals surface area contributed by atoms with E-state index in [0.717, 1.165) is 15.2 Å². The predicted molar refractivity (Wildman–Crippen MR) is 98.0 cm³/mol. The molecule has 2 heterocycles. The number of aromatic amines is 1. The van der Waals surface area contributed by atoms with Crippen LogP contribution in [0.1, 0.15) is 27.7 Å². The second-order valence-corrected chi connectivity index (χ2v) is 6.67. The molecule has 1 aromatic carbocycles. The van der Waals surface area contributed by atoms with Gasteiger partial charge in [0.1, 0.15) is 10.7 Å². The molecule has 1 amide bonds. The molecule has 0 unspecified atom stereocenters. The number of rotatable bonds is 4. The Morgan fingerprint density at radius 3 is 2.71 bits per heavy atom. The Hall–Kier alpha value is -2.25. The first-order valence-electron chi connectivity index (χ1n) is 7.83. The van der Waals surface area contributed by atoms with Crippen molar-refractivity contribution in [1.82, 2.24) is 15.2 Å². The lowest BCUT2D eigenvalue weighted by atomic mass is 9.94. The van der Waals surface area contributed by atoms with Gasteiger partial charge in [-0.15, -0.1) is 11.3 Å². The zero-order valence-corrected chi connectivity index (χ0v) is 15.1. The Balaban J connectivity index is 0.00000100. The highest BCUT2D eigenvalue weighted by molar-refractivity contribution is 7.21. The summed E-state index contributed by atoms with van der Waals surface area (Å²) in [5.41, 5.74) is 1.28. The van der Waals surface area contributed by atoms with Crippen molar-refractivity contribution in [2.75, 3.05) is 11.9 Å². The molecule has 0 aliphatic rings. The second kappa shape index (κ2) is 7.55. The van der Waals surface area contributed by atoms with Gasteiger partial charge in [-0.25, -0.2) is 4.98 Å². The molecule has 6 nitrogen and oxygen atoms in total. The summed E-state index contributed by atoms with van der Waals surface area (Å²) in [6, 6.07) is 7.84. The first kappa shape index (κ1) is 18.1. The number of amides is 1. The number of carbonyl (C=O) groups excluding carboxylic acids is 1. The van der Waals surface area contributed by atoms with Gasteiger partial charge in [-0.05, 0) is 26.0 Å². The largest absolute Gasteiger partial charge is 0.395 e. The van der Waals surface area contributed by atoms with Gasteiger partial charge in [0.2, 0.25) is 5.91 Å². The lowest BCUT2D eigenvalue weighted by Gasteiger charge is -2.20. The number of aliphatic hydroxyl groups excluding tert-OH is 1. The number of hydrogen-bond acceptors (Lipinski definition) is 5. The van der Waals surface area contributed by atoms with E-state index in [4.69, 9.17) is 0 Å². The number of aliphatic hydroxyl groups is 1. The summed E-state index contributed by atoms with van der Waals surface area (Å²) >= 11 is 1.53. The predicted octanol–water partition coefficient (Wildman–Crippen LogP) is 3.67. The van der Waals surface area contributed by atoms with Crippen molar-refractivity contribution in [3.05, 3.63) is 30.5 Å². The highest BCUT2D eigenvalue weighted by Gasteiger charge is 2.28. The summed E-state index contributed by atoms with van der Waals surface area (Å²) < 4.78 is 1.07. The summed E-state index contributed by atoms with van der Waals surface area (Å²) in [7, 11) is 0. The highest BCUT2D eigenvalue weighted by Crippen LogP contribution is 2.33. The topological polar surface area (TPSA) is 90.9 Å². The molecule has 0 aliphatic carbocycles. The van der Waals surface area contributed by atoms with Gasteiger partial charge >= 0.3 is 0 Å². The fourth-order valence-electron chi connectivity index (χ4n) is 1.89. The minimum Gasteiger partial charge on any atom is -0.395 e. The third-order valence-electron chi connectivity index (χ3n) is 3.41. The van der Waals surface area contributed by atoms with E-state index >= 15 is 0 Å². The van der Waals surface area contributed by atoms with Crippen LogP contribution >= 0.6 is 11.3 Å². The summed E-state index contributed by atoms with van der Waals surface area (Å²) in [6.45, 7) is 7.13. The van der Waals surface area contributed by atoms with E-state index in [0.29, 0.717) is 11.4 Å². The molecule has 3 N–H and O–H groups in total. The van der Waals surface area contributed by atoms with Gasteiger partial charge in [0.05, 0.1) is 34.1 Å². The molecule has 128 valence electrons. The number of fused-ring (bicyclic) bond motifs is 1. The van der Waals surface area contributed by atoms with E-state index in [9.17, 15) is 9.90 Å². The number of benzene rings is 1. The number of aromatic nitrogens is 3. The van der Waals surface area contributed by atoms with E-state index in [1.54, 1.807) is 20.0 Å². The Labute approximate surface area is 144 Å². The molecular formula is C17H22N4O2S. The molecule has 3 aromatic rings. The van der Waals surface area contributed by atoms with Gasteiger partial charge in [-0.2, -0.15) is 5.10 Å². The molecule has 0 aliphatic heterocycles. The highest BCUT2D eigenvalue weighted by atomic mass is 32.1. The van der Waals surface area contributed by atoms with Gasteiger partial charge in [0.15, 0.2) is 0 Å². The van der Waals surface area contributed by atoms with Crippen LogP contribution in [0.5, 0.6) is 0 Å². The van der Waals surface area contributed by atoms with Crippen molar-refractivity contribution in [3.63, 3.8) is 0 Å². The Morgan fingerprint density at radius 1 is 1.33 bits per heavy atom. The van der Waals surface area contributed by atoms with E-state index in [-0.39, 0.29) is 12.5 Å². The minimum atomic E-state index is -0.859. The van der Waals surface area contributed by atoms with Crippen molar-refractivity contribution in [1.29, 1.82) is 0 Å². The number of carbonyl (C=O) groups is 1. The van der Waals surface area contributed by atoms with Crippen LogP contribution in [0.3, 0.4) is 0 Å². The average Bonchev–Trinajstić information content (AvgIpc) is 3.22. The van der Waals surface area contributed by atoms with Crippen LogP contribution in [-0.2, 0) is 4.79 Å².